The number of aromatic nitrogens is 1. The minimum absolute atomic E-state index is 0.147. The van der Waals surface area contributed by atoms with E-state index in [-0.39, 0.29) is 5.91 Å². The molecule has 0 N–H and O–H groups in total. The van der Waals surface area contributed by atoms with Gasteiger partial charge in [0.05, 0.1) is 16.8 Å². The number of hydrogen-bond acceptors (Lipinski definition) is 2. The van der Waals surface area contributed by atoms with Gasteiger partial charge in [0.2, 0.25) is 0 Å². The van der Waals surface area contributed by atoms with Gasteiger partial charge in [-0.25, -0.2) is 4.98 Å². The molecule has 0 aliphatic carbocycles. The lowest BCUT2D eigenvalue weighted by atomic mass is 9.97. The number of pyridine rings is 1. The first kappa shape index (κ1) is 17.7. The second-order valence-electron chi connectivity index (χ2n) is 7.50. The van der Waals surface area contributed by atoms with Gasteiger partial charge in [0.15, 0.2) is 0 Å². The highest BCUT2D eigenvalue weighted by molar-refractivity contribution is 6.07. The monoisotopic (exact) mass is 358 g/mol. The van der Waals surface area contributed by atoms with E-state index in [2.05, 4.69) is 36.9 Å². The van der Waals surface area contributed by atoms with E-state index in [0.29, 0.717) is 6.04 Å². The largest absolute Gasteiger partial charge is 0.336 e. The van der Waals surface area contributed by atoms with Gasteiger partial charge in [0.25, 0.3) is 5.91 Å². The van der Waals surface area contributed by atoms with Gasteiger partial charge < -0.3 is 4.90 Å². The van der Waals surface area contributed by atoms with Crippen LogP contribution in [0.15, 0.2) is 54.6 Å². The Kier molecular flexibility index (Phi) is 4.93. The van der Waals surface area contributed by atoms with Gasteiger partial charge in [-0.1, -0.05) is 48.9 Å². The molecule has 0 spiro atoms. The van der Waals surface area contributed by atoms with Crippen LogP contribution >= 0.6 is 0 Å². The lowest BCUT2D eigenvalue weighted by molar-refractivity contribution is 0.0610. The number of nitrogens with zero attached hydrogens (tertiary/aromatic N) is 2. The van der Waals surface area contributed by atoms with Crippen LogP contribution in [0.5, 0.6) is 0 Å². The second-order valence-corrected chi connectivity index (χ2v) is 7.50. The van der Waals surface area contributed by atoms with Gasteiger partial charge >= 0.3 is 0 Å². The molecule has 0 bridgehead atoms. The van der Waals surface area contributed by atoms with Crippen molar-refractivity contribution >= 4 is 16.8 Å². The maximum atomic E-state index is 13.5. The highest BCUT2D eigenvalue weighted by atomic mass is 16.2. The van der Waals surface area contributed by atoms with E-state index < -0.39 is 0 Å². The molecule has 1 aliphatic heterocycles. The van der Waals surface area contributed by atoms with Crippen LogP contribution in [0.25, 0.3) is 22.2 Å². The van der Waals surface area contributed by atoms with E-state index in [4.69, 9.17) is 4.98 Å². The maximum absolute atomic E-state index is 13.5. The van der Waals surface area contributed by atoms with E-state index >= 15 is 0 Å². The van der Waals surface area contributed by atoms with E-state index in [0.717, 1.165) is 53.5 Å². The SMILES string of the molecule is CC[C@H]1CCCCN1C(=O)c1cc(-c2cccc(C)c2)nc2ccccc12. The fourth-order valence-corrected chi connectivity index (χ4v) is 4.15. The molecule has 3 aromatic rings. The van der Waals surface area contributed by atoms with E-state index in [1.54, 1.807) is 0 Å². The number of hydrogen-bond donors (Lipinski definition) is 0. The van der Waals surface area contributed by atoms with Crippen LogP contribution in [0.4, 0.5) is 0 Å². The van der Waals surface area contributed by atoms with E-state index in [1.165, 1.54) is 12.0 Å². The van der Waals surface area contributed by atoms with Crippen LogP contribution in [-0.2, 0) is 0 Å². The molecule has 0 radical (unpaired) electrons. The van der Waals surface area contributed by atoms with Crippen LogP contribution in [0.1, 0.15) is 48.5 Å². The highest BCUT2D eigenvalue weighted by Gasteiger charge is 2.27. The summed E-state index contributed by atoms with van der Waals surface area (Å²) in [5.74, 6) is 0.147. The van der Waals surface area contributed by atoms with Gasteiger partial charge in [-0.2, -0.15) is 0 Å². The molecule has 3 heteroatoms. The molecule has 1 atom stereocenters. The summed E-state index contributed by atoms with van der Waals surface area (Å²) in [5.41, 5.74) is 4.77. The number of likely N-dealkylation sites (tertiary alicyclic amines) is 1. The number of piperidine rings is 1. The van der Waals surface area contributed by atoms with E-state index in [1.807, 2.05) is 36.4 Å². The Hall–Kier alpha value is -2.68. The predicted octanol–water partition coefficient (Wildman–Crippen LogP) is 5.61. The molecule has 2 heterocycles. The van der Waals surface area contributed by atoms with Crippen molar-refractivity contribution in [3.8, 4) is 11.3 Å². The molecular weight excluding hydrogens is 332 g/mol. The summed E-state index contributed by atoms with van der Waals surface area (Å²) < 4.78 is 0. The quantitative estimate of drug-likeness (QED) is 0.609. The topological polar surface area (TPSA) is 33.2 Å². The molecule has 1 saturated heterocycles. The average Bonchev–Trinajstić information content (AvgIpc) is 2.72. The molecule has 0 unspecified atom stereocenters. The Bertz CT molecular complexity index is 979. The predicted molar refractivity (Wildman–Crippen MR) is 111 cm³/mol. The first-order valence-corrected chi connectivity index (χ1v) is 9.95. The van der Waals surface area contributed by atoms with Crippen LogP contribution in [0, 0.1) is 6.92 Å². The standard InChI is InChI=1S/C24H26N2O/c1-3-19-11-6-7-14-26(19)24(27)21-16-23(18-10-8-9-17(2)15-18)25-22-13-5-4-12-20(21)22/h4-5,8-10,12-13,15-16,19H,3,6-7,11,14H2,1-2H3/t19-/m0/s1. The first-order valence-electron chi connectivity index (χ1n) is 9.95. The van der Waals surface area contributed by atoms with Crippen molar-refractivity contribution in [2.24, 2.45) is 0 Å². The molecule has 1 aromatic heterocycles. The lowest BCUT2D eigenvalue weighted by Crippen LogP contribution is -2.43. The van der Waals surface area contributed by atoms with Crippen molar-refractivity contribution < 1.29 is 4.79 Å². The van der Waals surface area contributed by atoms with Crippen molar-refractivity contribution in [2.45, 2.75) is 45.6 Å². The summed E-state index contributed by atoms with van der Waals surface area (Å²) in [6, 6.07) is 18.6. The third kappa shape index (κ3) is 3.46. The van der Waals surface area contributed by atoms with Gasteiger partial charge in [-0.3, -0.25) is 4.79 Å². The Morgan fingerprint density at radius 1 is 1.11 bits per heavy atom. The number of fused-ring (bicyclic) bond motifs is 1. The third-order valence-corrected chi connectivity index (χ3v) is 5.62. The fraction of sp³-hybridized carbons (Fsp3) is 0.333. The summed E-state index contributed by atoms with van der Waals surface area (Å²) >= 11 is 0. The lowest BCUT2D eigenvalue weighted by Gasteiger charge is -2.35. The molecule has 0 saturated carbocycles. The smallest absolute Gasteiger partial charge is 0.254 e. The van der Waals surface area contributed by atoms with Gasteiger partial charge in [0.1, 0.15) is 0 Å². The molecule has 1 aliphatic rings. The molecule has 1 amide bonds. The normalized spacial score (nSPS) is 17.3. The molecule has 4 rings (SSSR count). The average molecular weight is 358 g/mol. The van der Waals surface area contributed by atoms with Crippen LogP contribution < -0.4 is 0 Å². The minimum atomic E-state index is 0.147. The summed E-state index contributed by atoms with van der Waals surface area (Å²) in [5, 5.41) is 0.944. The Labute approximate surface area is 161 Å². The zero-order chi connectivity index (χ0) is 18.8. The summed E-state index contributed by atoms with van der Waals surface area (Å²) in [7, 11) is 0. The van der Waals surface area contributed by atoms with Crippen molar-refractivity contribution in [2.75, 3.05) is 6.54 Å². The third-order valence-electron chi connectivity index (χ3n) is 5.62. The Balaban J connectivity index is 1.84. The van der Waals surface area contributed by atoms with E-state index in [9.17, 15) is 4.79 Å². The summed E-state index contributed by atoms with van der Waals surface area (Å²) in [6.07, 6.45) is 4.43. The van der Waals surface area contributed by atoms with Crippen molar-refractivity contribution in [1.29, 1.82) is 0 Å². The maximum Gasteiger partial charge on any atom is 0.254 e. The number of para-hydroxylation sites is 1. The van der Waals surface area contributed by atoms with Crippen molar-refractivity contribution in [3.05, 3.63) is 65.7 Å². The zero-order valence-corrected chi connectivity index (χ0v) is 16.1. The van der Waals surface area contributed by atoms with Gasteiger partial charge in [0, 0.05) is 23.5 Å². The number of rotatable bonds is 3. The first-order chi connectivity index (χ1) is 13.2. The van der Waals surface area contributed by atoms with Crippen LogP contribution in [-0.4, -0.2) is 28.4 Å². The number of aryl methyl sites for hydroxylation is 1. The number of carbonyl (C=O) groups is 1. The van der Waals surface area contributed by atoms with Crippen LogP contribution in [0.3, 0.4) is 0 Å². The molecule has 1 fully saturated rings. The summed E-state index contributed by atoms with van der Waals surface area (Å²) in [6.45, 7) is 5.11. The minimum Gasteiger partial charge on any atom is -0.336 e. The zero-order valence-electron chi connectivity index (χ0n) is 16.1. The molecule has 138 valence electrons. The Morgan fingerprint density at radius 3 is 2.78 bits per heavy atom. The van der Waals surface area contributed by atoms with Gasteiger partial charge in [-0.05, 0) is 50.8 Å². The van der Waals surface area contributed by atoms with Crippen molar-refractivity contribution in [1.82, 2.24) is 9.88 Å². The molecule has 3 nitrogen and oxygen atoms in total. The van der Waals surface area contributed by atoms with Crippen LogP contribution in [0.2, 0.25) is 0 Å². The molecular formula is C24H26N2O. The molecule has 2 aromatic carbocycles. The molecule has 27 heavy (non-hydrogen) atoms. The number of benzene rings is 2. The number of amides is 1. The number of carbonyl (C=O) groups excluding carboxylic acids is 1. The van der Waals surface area contributed by atoms with Crippen molar-refractivity contribution in [3.63, 3.8) is 0 Å². The fourth-order valence-electron chi connectivity index (χ4n) is 4.15. The van der Waals surface area contributed by atoms with Gasteiger partial charge in [-0.15, -0.1) is 0 Å². The summed E-state index contributed by atoms with van der Waals surface area (Å²) in [4.78, 5) is 20.5. The highest BCUT2D eigenvalue weighted by Crippen LogP contribution is 2.29. The Morgan fingerprint density at radius 2 is 1.96 bits per heavy atom. The second kappa shape index (κ2) is 7.51.